The molecule has 0 amide bonds. The summed E-state index contributed by atoms with van der Waals surface area (Å²) < 4.78 is 4.86. The van der Waals surface area contributed by atoms with Gasteiger partial charge in [0, 0.05) is 11.4 Å². The van der Waals surface area contributed by atoms with Crippen molar-refractivity contribution in [1.82, 2.24) is 9.97 Å². The second kappa shape index (κ2) is 7.59. The minimum Gasteiger partial charge on any atom is -0.462 e. The van der Waals surface area contributed by atoms with Crippen LogP contribution in [0, 0.1) is 0 Å². The van der Waals surface area contributed by atoms with Crippen LogP contribution in [0.4, 0.5) is 0 Å². The van der Waals surface area contributed by atoms with E-state index in [4.69, 9.17) is 16.3 Å². The van der Waals surface area contributed by atoms with Gasteiger partial charge < -0.3 is 4.74 Å². The van der Waals surface area contributed by atoms with E-state index < -0.39 is 5.97 Å². The first-order valence-corrected chi connectivity index (χ1v) is 7.31. The molecule has 0 aromatic carbocycles. The normalized spacial score (nSPS) is 12.2. The van der Waals surface area contributed by atoms with Gasteiger partial charge in [-0.15, -0.1) is 0 Å². The van der Waals surface area contributed by atoms with Crippen LogP contribution in [0.5, 0.6) is 0 Å². The van der Waals surface area contributed by atoms with Gasteiger partial charge in [0.15, 0.2) is 0 Å². The smallest absolute Gasteiger partial charge is 0.342 e. The summed E-state index contributed by atoms with van der Waals surface area (Å²) >= 11 is 7.71. The zero-order valence-corrected chi connectivity index (χ0v) is 12.3. The molecule has 100 valence electrons. The molecule has 0 fully saturated rings. The number of rotatable bonds is 6. The number of esters is 1. The van der Waals surface area contributed by atoms with Crippen molar-refractivity contribution in [2.45, 2.75) is 38.2 Å². The van der Waals surface area contributed by atoms with Gasteiger partial charge in [0.25, 0.3) is 0 Å². The Balaban J connectivity index is 2.70. The largest absolute Gasteiger partial charge is 0.462 e. The first-order valence-electron chi connectivity index (χ1n) is 5.88. The third kappa shape index (κ3) is 4.46. The van der Waals surface area contributed by atoms with Crippen molar-refractivity contribution in [3.63, 3.8) is 0 Å². The monoisotopic (exact) mass is 288 g/mol. The lowest BCUT2D eigenvalue weighted by Crippen LogP contribution is -2.08. The van der Waals surface area contributed by atoms with E-state index in [0.717, 1.165) is 6.42 Å². The van der Waals surface area contributed by atoms with Crippen molar-refractivity contribution in [1.29, 1.82) is 0 Å². The summed E-state index contributed by atoms with van der Waals surface area (Å²) in [5.41, 5.74) is 0.218. The first kappa shape index (κ1) is 15.2. The third-order valence-corrected chi connectivity index (χ3v) is 3.97. The van der Waals surface area contributed by atoms with E-state index in [-0.39, 0.29) is 10.7 Å². The van der Waals surface area contributed by atoms with Crippen molar-refractivity contribution >= 4 is 29.3 Å². The Hall–Kier alpha value is -0.810. The van der Waals surface area contributed by atoms with E-state index in [2.05, 4.69) is 23.8 Å². The number of carbonyl (C=O) groups excluding carboxylic acids is 1. The fourth-order valence-corrected chi connectivity index (χ4v) is 2.18. The van der Waals surface area contributed by atoms with Crippen LogP contribution in [-0.4, -0.2) is 27.8 Å². The Morgan fingerprint density at radius 2 is 2.28 bits per heavy atom. The molecule has 0 aliphatic rings. The van der Waals surface area contributed by atoms with Gasteiger partial charge in [-0.05, 0) is 13.3 Å². The lowest BCUT2D eigenvalue weighted by atomic mass is 10.3. The summed E-state index contributed by atoms with van der Waals surface area (Å²) in [6.07, 6.45) is 2.53. The molecule has 0 aliphatic carbocycles. The summed E-state index contributed by atoms with van der Waals surface area (Å²) in [7, 11) is 0. The maximum absolute atomic E-state index is 11.5. The van der Waals surface area contributed by atoms with Crippen LogP contribution in [-0.2, 0) is 10.5 Å². The van der Waals surface area contributed by atoms with Crippen molar-refractivity contribution in [2.24, 2.45) is 0 Å². The number of nitrogens with zero attached hydrogens (tertiary/aromatic N) is 2. The fourth-order valence-electron chi connectivity index (χ4n) is 1.14. The molecule has 4 nitrogen and oxygen atoms in total. The lowest BCUT2D eigenvalue weighted by molar-refractivity contribution is 0.0525. The van der Waals surface area contributed by atoms with Gasteiger partial charge in [-0.3, -0.25) is 0 Å². The second-order valence-electron chi connectivity index (χ2n) is 3.74. The number of halogens is 1. The zero-order valence-electron chi connectivity index (χ0n) is 10.8. The average molecular weight is 289 g/mol. The highest BCUT2D eigenvalue weighted by molar-refractivity contribution is 7.99. The molecule has 1 rings (SSSR count). The van der Waals surface area contributed by atoms with Crippen LogP contribution in [0.1, 0.15) is 43.4 Å². The average Bonchev–Trinajstić information content (AvgIpc) is 2.36. The summed E-state index contributed by atoms with van der Waals surface area (Å²) in [4.78, 5) is 19.7. The van der Waals surface area contributed by atoms with Crippen molar-refractivity contribution in [3.8, 4) is 0 Å². The number of aromatic nitrogens is 2. The molecule has 0 aliphatic heterocycles. The maximum Gasteiger partial charge on any atom is 0.342 e. The molecule has 1 aromatic rings. The van der Waals surface area contributed by atoms with Crippen LogP contribution in [0.25, 0.3) is 0 Å². The summed E-state index contributed by atoms with van der Waals surface area (Å²) in [5.74, 6) is 0.847. The molecular formula is C12H17ClN2O2S. The van der Waals surface area contributed by atoms with E-state index in [1.165, 1.54) is 6.20 Å². The second-order valence-corrected chi connectivity index (χ2v) is 5.53. The number of carbonyl (C=O) groups is 1. The molecule has 0 saturated heterocycles. The number of thioether (sulfide) groups is 1. The molecule has 0 bridgehead atoms. The lowest BCUT2D eigenvalue weighted by Gasteiger charge is -2.08. The molecule has 0 radical (unpaired) electrons. The van der Waals surface area contributed by atoms with Crippen molar-refractivity contribution < 1.29 is 9.53 Å². The Kier molecular flexibility index (Phi) is 6.43. The highest BCUT2D eigenvalue weighted by Crippen LogP contribution is 2.20. The van der Waals surface area contributed by atoms with Crippen LogP contribution >= 0.6 is 23.4 Å². The van der Waals surface area contributed by atoms with E-state index in [1.54, 1.807) is 18.7 Å². The number of hydrogen-bond acceptors (Lipinski definition) is 5. The summed E-state index contributed by atoms with van der Waals surface area (Å²) in [5, 5.41) is 0.709. The molecule has 0 saturated carbocycles. The van der Waals surface area contributed by atoms with Gasteiger partial charge in [-0.1, -0.05) is 25.4 Å². The molecule has 1 unspecified atom stereocenters. The summed E-state index contributed by atoms with van der Waals surface area (Å²) in [6.45, 7) is 6.33. The van der Waals surface area contributed by atoms with Crippen LogP contribution < -0.4 is 0 Å². The van der Waals surface area contributed by atoms with Crippen LogP contribution in [0.2, 0.25) is 5.15 Å². The Bertz CT molecular complexity index is 415. The van der Waals surface area contributed by atoms with Gasteiger partial charge in [0.1, 0.15) is 16.5 Å². The third-order valence-electron chi connectivity index (χ3n) is 2.36. The Morgan fingerprint density at radius 3 is 2.83 bits per heavy atom. The topological polar surface area (TPSA) is 52.1 Å². The quantitative estimate of drug-likeness (QED) is 0.593. The van der Waals surface area contributed by atoms with E-state index in [0.29, 0.717) is 23.4 Å². The van der Waals surface area contributed by atoms with Gasteiger partial charge in [-0.25, -0.2) is 14.8 Å². The molecule has 1 heterocycles. The van der Waals surface area contributed by atoms with Gasteiger partial charge >= 0.3 is 5.97 Å². The Morgan fingerprint density at radius 1 is 1.56 bits per heavy atom. The molecule has 0 N–H and O–H groups in total. The van der Waals surface area contributed by atoms with Crippen molar-refractivity contribution in [3.05, 3.63) is 22.7 Å². The number of hydrogen-bond donors (Lipinski definition) is 0. The minimum atomic E-state index is -0.483. The molecule has 18 heavy (non-hydrogen) atoms. The zero-order chi connectivity index (χ0) is 13.5. The molecule has 1 atom stereocenters. The SMILES string of the molecule is CCOC(=O)c1cnc(CSC(C)CC)nc1Cl. The van der Waals surface area contributed by atoms with Gasteiger partial charge in [-0.2, -0.15) is 11.8 Å². The Labute approximate surface area is 116 Å². The molecular weight excluding hydrogens is 272 g/mol. The van der Waals surface area contributed by atoms with E-state index >= 15 is 0 Å². The maximum atomic E-state index is 11.5. The van der Waals surface area contributed by atoms with E-state index in [1.807, 2.05) is 0 Å². The first-order chi connectivity index (χ1) is 8.58. The predicted octanol–water partition coefficient (Wildman–Crippen LogP) is 3.34. The standard InChI is InChI=1S/C12H17ClN2O2S/c1-4-8(3)18-7-10-14-6-9(11(13)15-10)12(16)17-5-2/h6,8H,4-5,7H2,1-3H3. The van der Waals surface area contributed by atoms with Crippen LogP contribution in [0.3, 0.4) is 0 Å². The molecule has 0 spiro atoms. The highest BCUT2D eigenvalue weighted by Gasteiger charge is 2.14. The van der Waals surface area contributed by atoms with Gasteiger partial charge in [0.2, 0.25) is 0 Å². The molecule has 1 aromatic heterocycles. The van der Waals surface area contributed by atoms with Crippen LogP contribution in [0.15, 0.2) is 6.20 Å². The summed E-state index contributed by atoms with van der Waals surface area (Å²) in [6, 6.07) is 0. The highest BCUT2D eigenvalue weighted by atomic mass is 35.5. The van der Waals surface area contributed by atoms with E-state index in [9.17, 15) is 4.79 Å². The molecule has 6 heteroatoms. The van der Waals surface area contributed by atoms with Crippen molar-refractivity contribution in [2.75, 3.05) is 6.61 Å². The number of ether oxygens (including phenoxy) is 1. The minimum absolute atomic E-state index is 0.156. The predicted molar refractivity (Wildman–Crippen MR) is 74.0 cm³/mol. The fraction of sp³-hybridized carbons (Fsp3) is 0.583. The van der Waals surface area contributed by atoms with Gasteiger partial charge in [0.05, 0.1) is 12.4 Å².